The molecule has 0 N–H and O–H groups in total. The highest BCUT2D eigenvalue weighted by Gasteiger charge is 2.46. The van der Waals surface area contributed by atoms with Gasteiger partial charge in [-0.2, -0.15) is 0 Å². The van der Waals surface area contributed by atoms with Gasteiger partial charge in [-0.3, -0.25) is 0 Å². The molecular formula is C17H22O4. The average molecular weight is 290 g/mol. The van der Waals surface area contributed by atoms with E-state index in [0.29, 0.717) is 6.61 Å². The number of esters is 1. The second-order valence-electron chi connectivity index (χ2n) is 5.54. The van der Waals surface area contributed by atoms with Crippen molar-refractivity contribution in [3.05, 3.63) is 48.6 Å². The van der Waals surface area contributed by atoms with E-state index < -0.39 is 11.6 Å². The lowest BCUT2D eigenvalue weighted by Gasteiger charge is -2.41. The van der Waals surface area contributed by atoms with Crippen molar-refractivity contribution in [2.24, 2.45) is 0 Å². The Balaban J connectivity index is 1.98. The highest BCUT2D eigenvalue weighted by Crippen LogP contribution is 2.29. The second kappa shape index (κ2) is 6.41. The van der Waals surface area contributed by atoms with Gasteiger partial charge in [-0.25, -0.2) is 4.79 Å². The molecule has 1 aromatic carbocycles. The fourth-order valence-electron chi connectivity index (χ4n) is 2.01. The summed E-state index contributed by atoms with van der Waals surface area (Å²) in [5.74, 6) is -0.459. The number of ether oxygens (including phenoxy) is 3. The average Bonchev–Trinajstić information content (AvgIpc) is 2.55. The van der Waals surface area contributed by atoms with Crippen LogP contribution in [-0.4, -0.2) is 30.4 Å². The maximum Gasteiger partial charge on any atom is 0.345 e. The number of carbonyl (C=O) groups is 1. The Hall–Kier alpha value is -1.65. The molecule has 2 unspecified atom stereocenters. The van der Waals surface area contributed by atoms with E-state index >= 15 is 0 Å². The molecule has 0 amide bonds. The smallest absolute Gasteiger partial charge is 0.345 e. The molecule has 21 heavy (non-hydrogen) atoms. The first-order chi connectivity index (χ1) is 10.0. The third-order valence-corrected chi connectivity index (χ3v) is 3.91. The highest BCUT2D eigenvalue weighted by molar-refractivity contribution is 5.82. The molecule has 0 aliphatic carbocycles. The van der Waals surface area contributed by atoms with Gasteiger partial charge in [0.1, 0.15) is 6.61 Å². The lowest BCUT2D eigenvalue weighted by molar-refractivity contribution is -0.226. The zero-order chi connectivity index (χ0) is 15.3. The largest absolute Gasteiger partial charge is 0.458 e. The van der Waals surface area contributed by atoms with Gasteiger partial charge in [-0.15, -0.1) is 0 Å². The summed E-state index contributed by atoms with van der Waals surface area (Å²) in [5.41, 5.74) is -0.629. The summed E-state index contributed by atoms with van der Waals surface area (Å²) in [6.07, 6.45) is 2.29. The van der Waals surface area contributed by atoms with E-state index in [1.165, 1.54) is 6.08 Å². The lowest BCUT2D eigenvalue weighted by atomic mass is 9.98. The quantitative estimate of drug-likeness (QED) is 0.618. The van der Waals surface area contributed by atoms with Crippen LogP contribution >= 0.6 is 0 Å². The Labute approximate surface area is 125 Å². The minimum absolute atomic E-state index is 0.133. The van der Waals surface area contributed by atoms with E-state index in [1.807, 2.05) is 44.2 Å². The maximum atomic E-state index is 12.3. The van der Waals surface area contributed by atoms with E-state index in [4.69, 9.17) is 14.2 Å². The van der Waals surface area contributed by atoms with Crippen LogP contribution in [0.3, 0.4) is 0 Å². The molecule has 1 saturated heterocycles. The number of carbonyl (C=O) groups excluding carboxylic acids is 1. The van der Waals surface area contributed by atoms with Crippen molar-refractivity contribution in [1.82, 2.24) is 0 Å². The van der Waals surface area contributed by atoms with Crippen LogP contribution in [0.25, 0.3) is 0 Å². The van der Waals surface area contributed by atoms with Crippen molar-refractivity contribution in [3.8, 4) is 0 Å². The number of rotatable bonds is 5. The topological polar surface area (TPSA) is 44.8 Å². The molecule has 1 aromatic rings. The van der Waals surface area contributed by atoms with Gasteiger partial charge in [0.2, 0.25) is 5.60 Å². The third-order valence-electron chi connectivity index (χ3n) is 3.91. The standard InChI is InChI=1S/C17H22O4/c1-4-16(3)12-21-17(5-2,13-20-16)15(18)19-11-14-9-7-6-8-10-14/h5-10H,2,4,11-13H2,1,3H3. The van der Waals surface area contributed by atoms with Gasteiger partial charge in [0.25, 0.3) is 0 Å². The molecule has 2 rings (SSSR count). The van der Waals surface area contributed by atoms with Crippen LogP contribution < -0.4 is 0 Å². The lowest BCUT2D eigenvalue weighted by Crippen LogP contribution is -2.55. The predicted octanol–water partition coefficient (Wildman–Crippen LogP) is 2.87. The Morgan fingerprint density at radius 1 is 1.33 bits per heavy atom. The predicted molar refractivity (Wildman–Crippen MR) is 79.8 cm³/mol. The molecule has 0 saturated carbocycles. The molecule has 1 aliphatic heterocycles. The first-order valence-electron chi connectivity index (χ1n) is 7.16. The fourth-order valence-corrected chi connectivity index (χ4v) is 2.01. The van der Waals surface area contributed by atoms with Crippen LogP contribution in [0.4, 0.5) is 0 Å². The number of hydrogen-bond acceptors (Lipinski definition) is 4. The summed E-state index contributed by atoms with van der Waals surface area (Å²) < 4.78 is 16.9. The van der Waals surface area contributed by atoms with Crippen LogP contribution in [0.5, 0.6) is 0 Å². The van der Waals surface area contributed by atoms with Gasteiger partial charge in [-0.05, 0) is 25.0 Å². The van der Waals surface area contributed by atoms with Gasteiger partial charge >= 0.3 is 5.97 Å². The molecule has 0 spiro atoms. The Morgan fingerprint density at radius 2 is 2.05 bits per heavy atom. The Morgan fingerprint density at radius 3 is 2.57 bits per heavy atom. The van der Waals surface area contributed by atoms with Crippen LogP contribution in [0.1, 0.15) is 25.8 Å². The zero-order valence-corrected chi connectivity index (χ0v) is 12.6. The summed E-state index contributed by atoms with van der Waals surface area (Å²) in [6.45, 7) is 8.38. The van der Waals surface area contributed by atoms with Gasteiger partial charge in [-0.1, -0.05) is 43.8 Å². The van der Waals surface area contributed by atoms with Gasteiger partial charge in [0.05, 0.1) is 18.8 Å². The summed E-state index contributed by atoms with van der Waals surface area (Å²) in [4.78, 5) is 12.3. The molecule has 4 nitrogen and oxygen atoms in total. The van der Waals surface area contributed by atoms with Gasteiger partial charge < -0.3 is 14.2 Å². The number of benzene rings is 1. The van der Waals surface area contributed by atoms with Crippen molar-refractivity contribution in [2.45, 2.75) is 38.1 Å². The minimum Gasteiger partial charge on any atom is -0.458 e. The number of hydrogen-bond donors (Lipinski definition) is 0. The summed E-state index contributed by atoms with van der Waals surface area (Å²) >= 11 is 0. The fraction of sp³-hybridized carbons (Fsp3) is 0.471. The summed E-state index contributed by atoms with van der Waals surface area (Å²) in [5, 5.41) is 0. The maximum absolute atomic E-state index is 12.3. The molecule has 114 valence electrons. The van der Waals surface area contributed by atoms with Crippen LogP contribution in [0, 0.1) is 0 Å². The minimum atomic E-state index is -1.20. The van der Waals surface area contributed by atoms with Crippen molar-refractivity contribution in [2.75, 3.05) is 13.2 Å². The van der Waals surface area contributed by atoms with Crippen LogP contribution in [-0.2, 0) is 25.6 Å². The zero-order valence-electron chi connectivity index (χ0n) is 12.6. The van der Waals surface area contributed by atoms with Crippen LogP contribution in [0.15, 0.2) is 43.0 Å². The summed E-state index contributed by atoms with van der Waals surface area (Å²) in [7, 11) is 0. The molecular weight excluding hydrogens is 268 g/mol. The summed E-state index contributed by atoms with van der Waals surface area (Å²) in [6, 6.07) is 9.53. The molecule has 0 aromatic heterocycles. The van der Waals surface area contributed by atoms with E-state index in [1.54, 1.807) is 0 Å². The first kappa shape index (κ1) is 15.7. The van der Waals surface area contributed by atoms with Crippen LogP contribution in [0.2, 0.25) is 0 Å². The van der Waals surface area contributed by atoms with E-state index in [0.717, 1.165) is 12.0 Å². The van der Waals surface area contributed by atoms with Crippen molar-refractivity contribution < 1.29 is 19.0 Å². The molecule has 1 fully saturated rings. The van der Waals surface area contributed by atoms with Gasteiger partial charge in [0.15, 0.2) is 0 Å². The highest BCUT2D eigenvalue weighted by atomic mass is 16.6. The molecule has 2 atom stereocenters. The molecule has 0 radical (unpaired) electrons. The van der Waals surface area contributed by atoms with E-state index in [-0.39, 0.29) is 18.8 Å². The molecule has 4 heteroatoms. The molecule has 0 bridgehead atoms. The molecule has 1 heterocycles. The van der Waals surface area contributed by atoms with Crippen molar-refractivity contribution in [1.29, 1.82) is 0 Å². The normalized spacial score (nSPS) is 28.9. The van der Waals surface area contributed by atoms with E-state index in [9.17, 15) is 4.79 Å². The van der Waals surface area contributed by atoms with Crippen molar-refractivity contribution >= 4 is 5.97 Å². The van der Waals surface area contributed by atoms with Gasteiger partial charge in [0, 0.05) is 0 Å². The SMILES string of the molecule is C=CC1(C(=O)OCc2ccccc2)COC(C)(CC)CO1. The van der Waals surface area contributed by atoms with E-state index in [2.05, 4.69) is 6.58 Å². The first-order valence-corrected chi connectivity index (χ1v) is 7.16. The Bertz CT molecular complexity index is 487. The monoisotopic (exact) mass is 290 g/mol. The second-order valence-corrected chi connectivity index (χ2v) is 5.54. The Kier molecular flexibility index (Phi) is 4.80. The third kappa shape index (κ3) is 3.52. The van der Waals surface area contributed by atoms with Crippen molar-refractivity contribution in [3.63, 3.8) is 0 Å². The molecule has 1 aliphatic rings.